The molecular weight excluding hydrogens is 451 g/mol. The van der Waals surface area contributed by atoms with Crippen LogP contribution in [-0.2, 0) is 16.1 Å². The van der Waals surface area contributed by atoms with Crippen LogP contribution in [-0.4, -0.2) is 25.7 Å². The maximum atomic E-state index is 13.4. The first-order valence-corrected chi connectivity index (χ1v) is 11.4. The highest BCUT2D eigenvalue weighted by molar-refractivity contribution is 5.97. The summed E-state index contributed by atoms with van der Waals surface area (Å²) in [5.41, 5.74) is 2.25. The van der Waals surface area contributed by atoms with Crippen LogP contribution in [0.3, 0.4) is 0 Å². The van der Waals surface area contributed by atoms with E-state index in [9.17, 15) is 14.0 Å². The lowest BCUT2D eigenvalue weighted by atomic mass is 9.83. The van der Waals surface area contributed by atoms with Crippen LogP contribution >= 0.6 is 0 Å². The maximum absolute atomic E-state index is 13.4. The van der Waals surface area contributed by atoms with E-state index in [0.717, 1.165) is 11.1 Å². The number of carbonyl (C=O) groups is 2. The van der Waals surface area contributed by atoms with Crippen LogP contribution in [0.15, 0.2) is 66.7 Å². The van der Waals surface area contributed by atoms with E-state index < -0.39 is 12.0 Å². The Kier molecular flexibility index (Phi) is 6.27. The largest absolute Gasteiger partial charge is 0.497 e. The van der Waals surface area contributed by atoms with Crippen molar-refractivity contribution in [3.8, 4) is 17.2 Å². The Morgan fingerprint density at radius 2 is 1.80 bits per heavy atom. The molecular formula is C27H25FN2O5. The van der Waals surface area contributed by atoms with Crippen molar-refractivity contribution in [2.75, 3.05) is 18.8 Å². The smallest absolute Gasteiger partial charge is 0.231 e. The highest BCUT2D eigenvalue weighted by atomic mass is 19.1. The number of benzene rings is 3. The summed E-state index contributed by atoms with van der Waals surface area (Å²) in [6.45, 7) is 0.395. The first-order chi connectivity index (χ1) is 17.0. The molecule has 0 aliphatic carbocycles. The molecule has 2 atom stereocenters. The number of hydrogen-bond acceptors (Lipinski definition) is 5. The highest BCUT2D eigenvalue weighted by Crippen LogP contribution is 2.43. The summed E-state index contributed by atoms with van der Waals surface area (Å²) in [5.74, 6) is 0.791. The van der Waals surface area contributed by atoms with Crippen molar-refractivity contribution in [2.45, 2.75) is 25.4 Å². The third kappa shape index (κ3) is 4.64. The van der Waals surface area contributed by atoms with E-state index in [1.807, 2.05) is 24.3 Å². The number of piperidine rings is 1. The Morgan fingerprint density at radius 3 is 2.54 bits per heavy atom. The van der Waals surface area contributed by atoms with Crippen molar-refractivity contribution >= 4 is 17.5 Å². The first-order valence-electron chi connectivity index (χ1n) is 11.4. The molecule has 7 nitrogen and oxygen atoms in total. The average Bonchev–Trinajstić information content (AvgIpc) is 3.36. The van der Waals surface area contributed by atoms with Gasteiger partial charge in [-0.25, -0.2) is 4.39 Å². The van der Waals surface area contributed by atoms with Crippen LogP contribution < -0.4 is 24.4 Å². The zero-order valence-electron chi connectivity index (χ0n) is 19.2. The fraction of sp³-hybridized carbons (Fsp3) is 0.259. The van der Waals surface area contributed by atoms with Gasteiger partial charge in [0.15, 0.2) is 11.5 Å². The molecule has 3 aromatic carbocycles. The Morgan fingerprint density at radius 1 is 1.06 bits per heavy atom. The van der Waals surface area contributed by atoms with Crippen LogP contribution in [0.4, 0.5) is 10.1 Å². The molecule has 1 saturated heterocycles. The summed E-state index contributed by atoms with van der Waals surface area (Å²) in [7, 11) is 1.59. The molecule has 2 aliphatic heterocycles. The van der Waals surface area contributed by atoms with Gasteiger partial charge in [0.05, 0.1) is 19.1 Å². The molecule has 5 rings (SSSR count). The standard InChI is InChI=1S/C27H25FN2O5/c1-33-21-9-4-18(5-10-21)26-22(27(32)29-15-17-2-6-19(28)7-3-17)11-13-25(31)30(26)20-8-12-23-24(14-20)35-16-34-23/h2-10,12,14,22,26H,11,13,15-16H2,1H3,(H,29,32)/t22-,26-/m0/s1. The van der Waals surface area contributed by atoms with E-state index in [1.165, 1.54) is 12.1 Å². The van der Waals surface area contributed by atoms with Crippen LogP contribution in [0.2, 0.25) is 0 Å². The molecule has 2 aliphatic rings. The number of rotatable bonds is 6. The number of amides is 2. The molecule has 2 amide bonds. The zero-order chi connectivity index (χ0) is 24.4. The lowest BCUT2D eigenvalue weighted by molar-refractivity contribution is -0.129. The molecule has 0 unspecified atom stereocenters. The molecule has 0 saturated carbocycles. The number of halogens is 1. The molecule has 1 fully saturated rings. The fourth-order valence-electron chi connectivity index (χ4n) is 4.61. The molecule has 0 bridgehead atoms. The Bertz CT molecular complexity index is 1230. The second-order valence-corrected chi connectivity index (χ2v) is 8.51. The lowest BCUT2D eigenvalue weighted by Gasteiger charge is -2.41. The summed E-state index contributed by atoms with van der Waals surface area (Å²) < 4.78 is 29.5. The predicted octanol–water partition coefficient (Wildman–Crippen LogP) is 4.36. The summed E-state index contributed by atoms with van der Waals surface area (Å²) in [6.07, 6.45) is 0.640. The molecule has 2 heterocycles. The minimum Gasteiger partial charge on any atom is -0.497 e. The zero-order valence-corrected chi connectivity index (χ0v) is 19.2. The van der Waals surface area contributed by atoms with Gasteiger partial charge in [0.1, 0.15) is 11.6 Å². The quantitative estimate of drug-likeness (QED) is 0.572. The van der Waals surface area contributed by atoms with Gasteiger partial charge in [0, 0.05) is 24.7 Å². The normalized spacial score (nSPS) is 18.9. The van der Waals surface area contributed by atoms with Crippen molar-refractivity contribution in [2.24, 2.45) is 5.92 Å². The predicted molar refractivity (Wildman–Crippen MR) is 127 cm³/mol. The van der Waals surface area contributed by atoms with E-state index in [-0.39, 0.29) is 37.4 Å². The maximum Gasteiger partial charge on any atom is 0.231 e. The average molecular weight is 477 g/mol. The summed E-state index contributed by atoms with van der Waals surface area (Å²) >= 11 is 0. The van der Waals surface area contributed by atoms with E-state index >= 15 is 0 Å². The monoisotopic (exact) mass is 476 g/mol. The van der Waals surface area contributed by atoms with Crippen molar-refractivity contribution in [3.63, 3.8) is 0 Å². The molecule has 0 aromatic heterocycles. The molecule has 0 radical (unpaired) electrons. The minimum atomic E-state index is -0.532. The number of carbonyl (C=O) groups excluding carboxylic acids is 2. The second kappa shape index (κ2) is 9.66. The van der Waals surface area contributed by atoms with Crippen LogP contribution in [0.25, 0.3) is 0 Å². The van der Waals surface area contributed by atoms with Crippen molar-refractivity contribution in [1.29, 1.82) is 0 Å². The van der Waals surface area contributed by atoms with Gasteiger partial charge in [-0.3, -0.25) is 9.59 Å². The van der Waals surface area contributed by atoms with Gasteiger partial charge < -0.3 is 24.4 Å². The molecule has 3 aromatic rings. The minimum absolute atomic E-state index is 0.0766. The SMILES string of the molecule is COc1ccc([C@H]2[C@@H](C(=O)NCc3ccc(F)cc3)CCC(=O)N2c2ccc3c(c2)OCO3)cc1. The number of hydrogen-bond donors (Lipinski definition) is 1. The van der Waals surface area contributed by atoms with E-state index in [4.69, 9.17) is 14.2 Å². The van der Waals surface area contributed by atoms with Gasteiger partial charge >= 0.3 is 0 Å². The van der Waals surface area contributed by atoms with Crippen LogP contribution in [0.5, 0.6) is 17.2 Å². The molecule has 0 spiro atoms. The van der Waals surface area contributed by atoms with E-state index in [2.05, 4.69) is 5.32 Å². The van der Waals surface area contributed by atoms with Crippen molar-refractivity contribution < 1.29 is 28.2 Å². The Balaban J connectivity index is 1.47. The molecule has 35 heavy (non-hydrogen) atoms. The Hall–Kier alpha value is -4.07. The van der Waals surface area contributed by atoms with Gasteiger partial charge in [-0.15, -0.1) is 0 Å². The Labute approximate surface area is 202 Å². The summed E-state index contributed by atoms with van der Waals surface area (Å²) in [6, 6.07) is 18.2. The summed E-state index contributed by atoms with van der Waals surface area (Å²) in [4.78, 5) is 28.3. The number of ether oxygens (including phenoxy) is 3. The van der Waals surface area contributed by atoms with Gasteiger partial charge in [-0.2, -0.15) is 0 Å². The molecule has 8 heteroatoms. The van der Waals surface area contributed by atoms with Crippen LogP contribution in [0, 0.1) is 11.7 Å². The van der Waals surface area contributed by atoms with E-state index in [0.29, 0.717) is 29.4 Å². The number of fused-ring (bicyclic) bond motifs is 1. The van der Waals surface area contributed by atoms with E-state index in [1.54, 1.807) is 42.3 Å². The molecule has 1 N–H and O–H groups in total. The van der Waals surface area contributed by atoms with Crippen molar-refractivity contribution in [1.82, 2.24) is 5.32 Å². The first kappa shape index (κ1) is 22.7. The fourth-order valence-corrected chi connectivity index (χ4v) is 4.61. The van der Waals surface area contributed by atoms with Gasteiger partial charge in [0.2, 0.25) is 18.6 Å². The number of nitrogens with one attached hydrogen (secondary N) is 1. The van der Waals surface area contributed by atoms with Gasteiger partial charge in [-0.1, -0.05) is 24.3 Å². The topological polar surface area (TPSA) is 77.1 Å². The number of anilines is 1. The number of methoxy groups -OCH3 is 1. The second-order valence-electron chi connectivity index (χ2n) is 8.51. The van der Waals surface area contributed by atoms with Gasteiger partial charge in [0.25, 0.3) is 0 Å². The third-order valence-corrected chi connectivity index (χ3v) is 6.41. The summed E-state index contributed by atoms with van der Waals surface area (Å²) in [5, 5.41) is 2.97. The lowest BCUT2D eigenvalue weighted by Crippen LogP contribution is -2.48. The van der Waals surface area contributed by atoms with Crippen molar-refractivity contribution in [3.05, 3.63) is 83.7 Å². The number of nitrogens with zero attached hydrogens (tertiary/aromatic N) is 1. The highest BCUT2D eigenvalue weighted by Gasteiger charge is 2.41. The van der Waals surface area contributed by atoms with Gasteiger partial charge in [-0.05, 0) is 53.9 Å². The van der Waals surface area contributed by atoms with Crippen LogP contribution in [0.1, 0.15) is 30.0 Å². The third-order valence-electron chi connectivity index (χ3n) is 6.41. The molecule has 180 valence electrons.